The summed E-state index contributed by atoms with van der Waals surface area (Å²) >= 11 is 5.96. The first kappa shape index (κ1) is 12.2. The van der Waals surface area contributed by atoms with Crippen molar-refractivity contribution in [3.8, 4) is 0 Å². The quantitative estimate of drug-likeness (QED) is 0.504. The van der Waals surface area contributed by atoms with E-state index < -0.39 is 4.92 Å². The van der Waals surface area contributed by atoms with E-state index in [1.807, 2.05) is 0 Å². The molecule has 0 spiro atoms. The summed E-state index contributed by atoms with van der Waals surface area (Å²) in [5.41, 5.74) is 7.03. The van der Waals surface area contributed by atoms with E-state index in [0.29, 0.717) is 11.4 Å². The molecule has 3 N–H and O–H groups in total. The minimum absolute atomic E-state index is 0.0788. The summed E-state index contributed by atoms with van der Waals surface area (Å²) in [6, 6.07) is 11.4. The Morgan fingerprint density at radius 2 is 1.94 bits per heavy atom. The van der Waals surface area contributed by atoms with E-state index in [1.165, 1.54) is 12.1 Å². The maximum Gasteiger partial charge on any atom is 0.294 e. The van der Waals surface area contributed by atoms with Gasteiger partial charge >= 0.3 is 0 Å². The number of halogens is 1. The number of anilines is 3. The summed E-state index contributed by atoms with van der Waals surface area (Å²) in [5, 5.41) is 14.1. The highest BCUT2D eigenvalue weighted by atomic mass is 35.5. The number of hydrogen-bond acceptors (Lipinski definition) is 4. The Morgan fingerprint density at radius 1 is 1.22 bits per heavy atom. The monoisotopic (exact) mass is 263 g/mol. The Bertz CT molecular complexity index is 602. The van der Waals surface area contributed by atoms with Gasteiger partial charge in [0, 0.05) is 17.4 Å². The highest BCUT2D eigenvalue weighted by Gasteiger charge is 2.16. The van der Waals surface area contributed by atoms with Gasteiger partial charge in [0.25, 0.3) is 5.69 Å². The number of nitrogens with one attached hydrogen (secondary N) is 1. The lowest BCUT2D eigenvalue weighted by molar-refractivity contribution is -0.383. The van der Waals surface area contributed by atoms with Crippen LogP contribution in [0.4, 0.5) is 22.7 Å². The number of hydrogen-bond donors (Lipinski definition) is 2. The lowest BCUT2D eigenvalue weighted by Gasteiger charge is -2.09. The van der Waals surface area contributed by atoms with Crippen LogP contribution in [-0.4, -0.2) is 4.92 Å². The molecule has 0 fully saturated rings. The van der Waals surface area contributed by atoms with Crippen molar-refractivity contribution in [2.75, 3.05) is 11.1 Å². The van der Waals surface area contributed by atoms with Crippen LogP contribution in [0.25, 0.3) is 0 Å². The fourth-order valence-electron chi connectivity index (χ4n) is 1.55. The number of benzene rings is 2. The number of para-hydroxylation sites is 1. The third kappa shape index (κ3) is 2.52. The van der Waals surface area contributed by atoms with Gasteiger partial charge in [-0.1, -0.05) is 23.7 Å². The molecule has 0 radical (unpaired) electrons. The third-order valence-corrected chi connectivity index (χ3v) is 2.66. The molecule has 0 aliphatic rings. The van der Waals surface area contributed by atoms with Crippen molar-refractivity contribution in [2.24, 2.45) is 0 Å². The minimum atomic E-state index is -0.486. The Kier molecular flexibility index (Phi) is 3.34. The van der Waals surface area contributed by atoms with Crippen molar-refractivity contribution in [1.29, 1.82) is 0 Å². The minimum Gasteiger partial charge on any atom is -0.399 e. The van der Waals surface area contributed by atoms with Gasteiger partial charge in [-0.25, -0.2) is 0 Å². The van der Waals surface area contributed by atoms with E-state index in [1.54, 1.807) is 30.3 Å². The van der Waals surface area contributed by atoms with Crippen molar-refractivity contribution >= 4 is 34.4 Å². The molecule has 0 saturated carbocycles. The fraction of sp³-hybridized carbons (Fsp3) is 0. The third-order valence-electron chi connectivity index (χ3n) is 2.34. The molecule has 0 amide bonds. The van der Waals surface area contributed by atoms with Gasteiger partial charge in [-0.05, 0) is 24.3 Å². The molecule has 0 atom stereocenters. The Morgan fingerprint density at radius 3 is 2.61 bits per heavy atom. The van der Waals surface area contributed by atoms with E-state index in [2.05, 4.69) is 5.32 Å². The summed E-state index contributed by atoms with van der Waals surface area (Å²) in [7, 11) is 0. The van der Waals surface area contributed by atoms with Crippen molar-refractivity contribution in [1.82, 2.24) is 0 Å². The van der Waals surface area contributed by atoms with Gasteiger partial charge < -0.3 is 11.1 Å². The van der Waals surface area contributed by atoms with Crippen LogP contribution in [-0.2, 0) is 0 Å². The Labute approximate surface area is 108 Å². The molecule has 0 saturated heterocycles. The number of nitrogens with zero attached hydrogens (tertiary/aromatic N) is 1. The number of nitro benzene ring substituents is 1. The maximum absolute atomic E-state index is 10.9. The zero-order chi connectivity index (χ0) is 13.1. The summed E-state index contributed by atoms with van der Waals surface area (Å²) in [4.78, 5) is 10.4. The first-order valence-electron chi connectivity index (χ1n) is 5.13. The van der Waals surface area contributed by atoms with Gasteiger partial charge in [-0.3, -0.25) is 10.1 Å². The van der Waals surface area contributed by atoms with Crippen molar-refractivity contribution < 1.29 is 4.92 Å². The largest absolute Gasteiger partial charge is 0.399 e. The molecule has 2 aromatic carbocycles. The molecule has 92 valence electrons. The summed E-state index contributed by atoms with van der Waals surface area (Å²) in [5.74, 6) is 0. The topological polar surface area (TPSA) is 81.2 Å². The van der Waals surface area contributed by atoms with E-state index in [0.717, 1.165) is 0 Å². The average molecular weight is 264 g/mol. The highest BCUT2D eigenvalue weighted by Crippen LogP contribution is 2.34. The van der Waals surface area contributed by atoms with Gasteiger partial charge in [-0.2, -0.15) is 0 Å². The predicted molar refractivity (Wildman–Crippen MR) is 72.2 cm³/mol. The second-order valence-corrected chi connectivity index (χ2v) is 4.05. The smallest absolute Gasteiger partial charge is 0.294 e. The van der Waals surface area contributed by atoms with Crippen LogP contribution in [0.15, 0.2) is 42.5 Å². The van der Waals surface area contributed by atoms with Gasteiger partial charge in [0.15, 0.2) is 0 Å². The Balaban J connectivity index is 2.42. The van der Waals surface area contributed by atoms with Gasteiger partial charge in [0.1, 0.15) is 5.69 Å². The molecular weight excluding hydrogens is 254 g/mol. The molecule has 0 bridgehead atoms. The molecule has 0 aromatic heterocycles. The average Bonchev–Trinajstić information content (AvgIpc) is 2.31. The molecule has 2 aromatic rings. The maximum atomic E-state index is 10.9. The van der Waals surface area contributed by atoms with Crippen LogP contribution in [0.1, 0.15) is 0 Å². The van der Waals surface area contributed by atoms with E-state index in [9.17, 15) is 10.1 Å². The normalized spacial score (nSPS) is 10.1. The number of nitrogens with two attached hydrogens (primary N) is 1. The SMILES string of the molecule is Nc1cccc(Nc2c(Cl)cccc2[N+](=O)[O-])c1. The van der Waals surface area contributed by atoms with Crippen LogP contribution in [0.2, 0.25) is 5.02 Å². The first-order chi connectivity index (χ1) is 8.58. The first-order valence-corrected chi connectivity index (χ1v) is 5.51. The van der Waals surface area contributed by atoms with E-state index in [4.69, 9.17) is 17.3 Å². The van der Waals surface area contributed by atoms with Gasteiger partial charge in [-0.15, -0.1) is 0 Å². The zero-order valence-electron chi connectivity index (χ0n) is 9.26. The van der Waals surface area contributed by atoms with Crippen molar-refractivity contribution in [2.45, 2.75) is 0 Å². The molecule has 6 heteroatoms. The van der Waals surface area contributed by atoms with Crippen LogP contribution in [0, 0.1) is 10.1 Å². The summed E-state index contributed by atoms with van der Waals surface area (Å²) in [6.07, 6.45) is 0. The van der Waals surface area contributed by atoms with Gasteiger partial charge in [0.2, 0.25) is 0 Å². The predicted octanol–water partition coefficient (Wildman–Crippen LogP) is 3.57. The molecule has 2 rings (SSSR count). The molecule has 0 aliphatic heterocycles. The second kappa shape index (κ2) is 4.93. The summed E-state index contributed by atoms with van der Waals surface area (Å²) in [6.45, 7) is 0. The lowest BCUT2D eigenvalue weighted by atomic mass is 10.2. The molecule has 5 nitrogen and oxygen atoms in total. The number of nitrogen functional groups attached to an aromatic ring is 1. The molecule has 0 aliphatic carbocycles. The summed E-state index contributed by atoms with van der Waals surface area (Å²) < 4.78 is 0. The van der Waals surface area contributed by atoms with Crippen LogP contribution >= 0.6 is 11.6 Å². The Hall–Kier alpha value is -2.27. The number of nitro groups is 1. The van der Waals surface area contributed by atoms with Crippen LogP contribution < -0.4 is 11.1 Å². The fourth-order valence-corrected chi connectivity index (χ4v) is 1.77. The van der Waals surface area contributed by atoms with Crippen LogP contribution in [0.3, 0.4) is 0 Å². The molecule has 18 heavy (non-hydrogen) atoms. The van der Waals surface area contributed by atoms with E-state index >= 15 is 0 Å². The highest BCUT2D eigenvalue weighted by molar-refractivity contribution is 6.33. The zero-order valence-corrected chi connectivity index (χ0v) is 10.0. The van der Waals surface area contributed by atoms with Gasteiger partial charge in [0.05, 0.1) is 9.95 Å². The lowest BCUT2D eigenvalue weighted by Crippen LogP contribution is -1.98. The van der Waals surface area contributed by atoms with Crippen molar-refractivity contribution in [3.05, 3.63) is 57.6 Å². The molecule has 0 heterocycles. The number of rotatable bonds is 3. The van der Waals surface area contributed by atoms with Crippen LogP contribution in [0.5, 0.6) is 0 Å². The van der Waals surface area contributed by atoms with E-state index in [-0.39, 0.29) is 16.4 Å². The van der Waals surface area contributed by atoms with Crippen molar-refractivity contribution in [3.63, 3.8) is 0 Å². The standard InChI is InChI=1S/C12H10ClN3O2/c13-10-5-2-6-11(16(17)18)12(10)15-9-4-1-3-8(14)7-9/h1-7,15H,14H2. The molecule has 0 unspecified atom stereocenters. The second-order valence-electron chi connectivity index (χ2n) is 3.64. The molecular formula is C12H10ClN3O2.